The normalized spacial score (nSPS) is 16.3. The highest BCUT2D eigenvalue weighted by Gasteiger charge is 2.17. The minimum Gasteiger partial charge on any atom is -0.506 e. The zero-order valence-corrected chi connectivity index (χ0v) is 16.1. The van der Waals surface area contributed by atoms with Gasteiger partial charge in [-0.05, 0) is 19.3 Å². The maximum Gasteiger partial charge on any atom is 0.139 e. The van der Waals surface area contributed by atoms with E-state index in [1.807, 2.05) is 0 Å². The molecule has 5 heteroatoms. The second kappa shape index (κ2) is 10.7. The van der Waals surface area contributed by atoms with Gasteiger partial charge >= 0.3 is 0 Å². The second-order valence-corrected chi connectivity index (χ2v) is 6.89. The van der Waals surface area contributed by atoms with Gasteiger partial charge in [-0.1, -0.05) is 39.0 Å². The van der Waals surface area contributed by atoms with Crippen LogP contribution >= 0.6 is 0 Å². The quantitative estimate of drug-likeness (QED) is 0.653. The summed E-state index contributed by atoms with van der Waals surface area (Å²) in [5.41, 5.74) is 0.711. The number of aliphatic imine (C=N–C) groups is 1. The number of unbranched alkanes of at least 4 members (excludes halogenated alkanes) is 4. The Labute approximate surface area is 157 Å². The third kappa shape index (κ3) is 5.66. The minimum atomic E-state index is -0.0778. The number of nitriles is 1. The Bertz CT molecular complexity index is 649. The first-order chi connectivity index (χ1) is 12.7. The lowest BCUT2D eigenvalue weighted by Crippen LogP contribution is -2.31. The first-order valence-electron chi connectivity index (χ1n) is 9.83. The molecule has 1 aromatic rings. The van der Waals surface area contributed by atoms with Crippen LogP contribution in [-0.4, -0.2) is 36.0 Å². The molecule has 2 rings (SSSR count). The Balaban J connectivity index is 2.21. The van der Waals surface area contributed by atoms with Gasteiger partial charge in [0.1, 0.15) is 29.0 Å². The maximum absolute atomic E-state index is 10.1. The summed E-state index contributed by atoms with van der Waals surface area (Å²) in [5, 5.41) is 19.5. The molecule has 142 valence electrons. The van der Waals surface area contributed by atoms with Gasteiger partial charge in [0.15, 0.2) is 0 Å². The minimum absolute atomic E-state index is 0.0778. The van der Waals surface area contributed by atoms with E-state index in [-0.39, 0.29) is 11.3 Å². The van der Waals surface area contributed by atoms with E-state index in [4.69, 9.17) is 9.73 Å². The first kappa shape index (κ1) is 20.1. The van der Waals surface area contributed by atoms with E-state index in [1.54, 1.807) is 13.2 Å². The van der Waals surface area contributed by atoms with Crippen molar-refractivity contribution in [3.8, 4) is 17.6 Å². The van der Waals surface area contributed by atoms with Gasteiger partial charge in [0, 0.05) is 31.6 Å². The van der Waals surface area contributed by atoms with Gasteiger partial charge in [-0.3, -0.25) is 0 Å². The Morgan fingerprint density at radius 2 is 2.00 bits per heavy atom. The highest BCUT2D eigenvalue weighted by Crippen LogP contribution is 2.33. The lowest BCUT2D eigenvalue weighted by atomic mass is 10.1. The monoisotopic (exact) mass is 357 g/mol. The van der Waals surface area contributed by atoms with Crippen molar-refractivity contribution in [3.63, 3.8) is 0 Å². The third-order valence-electron chi connectivity index (χ3n) is 4.89. The van der Waals surface area contributed by atoms with Crippen molar-refractivity contribution in [2.24, 2.45) is 4.99 Å². The summed E-state index contributed by atoms with van der Waals surface area (Å²) in [6.07, 6.45) is 10.7. The molecular weight excluding hydrogens is 326 g/mol. The fourth-order valence-electron chi connectivity index (χ4n) is 3.37. The van der Waals surface area contributed by atoms with Crippen LogP contribution in [0.1, 0.15) is 70.3 Å². The molecular formula is C21H31N3O2. The maximum atomic E-state index is 10.1. The Kier molecular flexibility index (Phi) is 8.27. The number of rotatable bonds is 8. The Morgan fingerprint density at radius 1 is 1.19 bits per heavy atom. The van der Waals surface area contributed by atoms with Crippen LogP contribution < -0.4 is 4.74 Å². The van der Waals surface area contributed by atoms with Crippen molar-refractivity contribution in [2.45, 2.75) is 64.7 Å². The highest BCUT2D eigenvalue weighted by atomic mass is 16.5. The molecule has 0 spiro atoms. The van der Waals surface area contributed by atoms with Gasteiger partial charge in [-0.2, -0.15) is 5.26 Å². The molecule has 1 saturated heterocycles. The third-order valence-corrected chi connectivity index (χ3v) is 4.89. The fourth-order valence-corrected chi connectivity index (χ4v) is 3.37. The standard InChI is InChI=1S/C21H31N3O2/c1-3-4-5-6-9-12-24-13-10-7-8-11-21(24)23-19-14-17(26-2)15-20(25)18(19)16-22/h14-15,25H,3-13H2,1-2H3. The number of hydrogen-bond donors (Lipinski definition) is 1. The van der Waals surface area contributed by atoms with Gasteiger partial charge in [0.2, 0.25) is 0 Å². The molecule has 0 bridgehead atoms. The molecule has 0 unspecified atom stereocenters. The molecule has 0 aliphatic carbocycles. The molecule has 0 aromatic heterocycles. The zero-order chi connectivity index (χ0) is 18.8. The smallest absolute Gasteiger partial charge is 0.139 e. The van der Waals surface area contributed by atoms with E-state index in [9.17, 15) is 10.4 Å². The summed E-state index contributed by atoms with van der Waals surface area (Å²) in [6.45, 7) is 4.26. The number of benzene rings is 1. The van der Waals surface area contributed by atoms with Crippen LogP contribution in [0.15, 0.2) is 17.1 Å². The number of likely N-dealkylation sites (tertiary alicyclic amines) is 1. The van der Waals surface area contributed by atoms with Crippen LogP contribution in [0.25, 0.3) is 0 Å². The van der Waals surface area contributed by atoms with Crippen LogP contribution in [0.5, 0.6) is 11.5 Å². The predicted molar refractivity (Wildman–Crippen MR) is 105 cm³/mol. The Hall–Kier alpha value is -2.22. The average molecular weight is 357 g/mol. The van der Waals surface area contributed by atoms with Gasteiger partial charge in [-0.25, -0.2) is 4.99 Å². The molecule has 1 aliphatic heterocycles. The number of hydrogen-bond acceptors (Lipinski definition) is 4. The van der Waals surface area contributed by atoms with Crippen molar-refractivity contribution < 1.29 is 9.84 Å². The molecule has 1 heterocycles. The van der Waals surface area contributed by atoms with Crippen LogP contribution in [0.4, 0.5) is 5.69 Å². The topological polar surface area (TPSA) is 68.8 Å². The van der Waals surface area contributed by atoms with E-state index >= 15 is 0 Å². The van der Waals surface area contributed by atoms with Crippen molar-refractivity contribution in [1.29, 1.82) is 5.26 Å². The molecule has 1 N–H and O–H groups in total. The summed E-state index contributed by atoms with van der Waals surface area (Å²) in [5.74, 6) is 1.47. The van der Waals surface area contributed by atoms with Crippen LogP contribution in [0, 0.1) is 11.3 Å². The summed E-state index contributed by atoms with van der Waals surface area (Å²) < 4.78 is 5.23. The molecule has 1 aromatic carbocycles. The number of phenols is 1. The van der Waals surface area contributed by atoms with E-state index in [2.05, 4.69) is 17.9 Å². The summed E-state index contributed by atoms with van der Waals surface area (Å²) >= 11 is 0. The second-order valence-electron chi connectivity index (χ2n) is 6.89. The number of phenolic OH excluding ortho intramolecular Hbond substituents is 1. The van der Waals surface area contributed by atoms with E-state index in [1.165, 1.54) is 51.0 Å². The lowest BCUT2D eigenvalue weighted by Gasteiger charge is -2.24. The van der Waals surface area contributed by atoms with Gasteiger partial charge < -0.3 is 14.7 Å². The largest absolute Gasteiger partial charge is 0.506 e. The van der Waals surface area contributed by atoms with Gasteiger partial charge in [0.05, 0.1) is 12.8 Å². The van der Waals surface area contributed by atoms with Crippen LogP contribution in [0.3, 0.4) is 0 Å². The highest BCUT2D eigenvalue weighted by molar-refractivity contribution is 5.86. The molecule has 0 amide bonds. The molecule has 1 aliphatic rings. The summed E-state index contributed by atoms with van der Waals surface area (Å²) in [7, 11) is 1.55. The van der Waals surface area contributed by atoms with Crippen molar-refractivity contribution in [3.05, 3.63) is 17.7 Å². The van der Waals surface area contributed by atoms with Gasteiger partial charge in [0.25, 0.3) is 0 Å². The SMILES string of the molecule is CCCCCCCN1CCCCCC1=Nc1cc(OC)cc(O)c1C#N. The number of ether oxygens (including phenoxy) is 1. The van der Waals surface area contributed by atoms with Crippen LogP contribution in [0.2, 0.25) is 0 Å². The zero-order valence-electron chi connectivity index (χ0n) is 16.1. The number of nitrogens with zero attached hydrogens (tertiary/aromatic N) is 3. The van der Waals surface area contributed by atoms with Crippen LogP contribution in [-0.2, 0) is 0 Å². The lowest BCUT2D eigenvalue weighted by molar-refractivity contribution is 0.396. The number of aromatic hydroxyl groups is 1. The van der Waals surface area contributed by atoms with E-state index in [0.29, 0.717) is 11.4 Å². The molecule has 0 atom stereocenters. The Morgan fingerprint density at radius 3 is 2.73 bits per heavy atom. The molecule has 1 fully saturated rings. The van der Waals surface area contributed by atoms with E-state index in [0.717, 1.165) is 31.8 Å². The average Bonchev–Trinajstić information content (AvgIpc) is 2.86. The summed E-state index contributed by atoms with van der Waals surface area (Å²) in [4.78, 5) is 7.17. The summed E-state index contributed by atoms with van der Waals surface area (Å²) in [6, 6.07) is 5.26. The van der Waals surface area contributed by atoms with Gasteiger partial charge in [-0.15, -0.1) is 0 Å². The fraction of sp³-hybridized carbons (Fsp3) is 0.619. The number of amidine groups is 1. The first-order valence-corrected chi connectivity index (χ1v) is 9.83. The molecule has 0 saturated carbocycles. The molecule has 0 radical (unpaired) electrons. The van der Waals surface area contributed by atoms with Crippen molar-refractivity contribution in [2.75, 3.05) is 20.2 Å². The predicted octanol–water partition coefficient (Wildman–Crippen LogP) is 5.15. The molecule has 26 heavy (non-hydrogen) atoms. The van der Waals surface area contributed by atoms with Crippen molar-refractivity contribution in [1.82, 2.24) is 4.90 Å². The van der Waals surface area contributed by atoms with Crippen molar-refractivity contribution >= 4 is 11.5 Å². The number of methoxy groups -OCH3 is 1. The van der Waals surface area contributed by atoms with E-state index < -0.39 is 0 Å². The molecule has 5 nitrogen and oxygen atoms in total.